The lowest BCUT2D eigenvalue weighted by molar-refractivity contribution is -0.122. The number of hydrogen-bond acceptors (Lipinski definition) is 4. The normalized spacial score (nSPS) is 24.4. The van der Waals surface area contributed by atoms with E-state index in [9.17, 15) is 9.90 Å². The Kier molecular flexibility index (Phi) is 5.95. The Morgan fingerprint density at radius 2 is 2.24 bits per heavy atom. The molecule has 0 heterocycles. The third kappa shape index (κ3) is 5.16. The zero-order valence-corrected chi connectivity index (χ0v) is 10.4. The maximum atomic E-state index is 11.4. The standard InChI is InChI=1S/C12H21N3O2/c1-15(9-12(17)14-7-6-13)8-10-4-2-3-5-11(10)16/h10-11,16H,2-5,7-9H2,1H3,(H,14,17). The van der Waals surface area contributed by atoms with Crippen molar-refractivity contribution in [2.45, 2.75) is 31.8 Å². The molecule has 1 fully saturated rings. The lowest BCUT2D eigenvalue weighted by atomic mass is 9.86. The molecule has 0 bridgehead atoms. The molecule has 2 unspecified atom stereocenters. The maximum Gasteiger partial charge on any atom is 0.234 e. The number of carbonyl (C=O) groups excluding carboxylic acids is 1. The van der Waals surface area contributed by atoms with Gasteiger partial charge in [-0.1, -0.05) is 12.8 Å². The summed E-state index contributed by atoms with van der Waals surface area (Å²) in [7, 11) is 1.87. The van der Waals surface area contributed by atoms with Gasteiger partial charge in [0.05, 0.1) is 18.7 Å². The molecule has 0 saturated heterocycles. The number of rotatable bonds is 5. The van der Waals surface area contributed by atoms with Crippen LogP contribution >= 0.6 is 0 Å². The van der Waals surface area contributed by atoms with Crippen molar-refractivity contribution in [1.82, 2.24) is 10.2 Å². The van der Waals surface area contributed by atoms with Crippen LogP contribution in [0.3, 0.4) is 0 Å². The zero-order valence-electron chi connectivity index (χ0n) is 10.4. The molecule has 0 radical (unpaired) electrons. The van der Waals surface area contributed by atoms with Gasteiger partial charge in [-0.05, 0) is 25.8 Å². The number of carbonyl (C=O) groups is 1. The van der Waals surface area contributed by atoms with E-state index < -0.39 is 0 Å². The summed E-state index contributed by atoms with van der Waals surface area (Å²) in [5.74, 6) is 0.136. The van der Waals surface area contributed by atoms with E-state index >= 15 is 0 Å². The quantitative estimate of drug-likeness (QED) is 0.668. The lowest BCUT2D eigenvalue weighted by Gasteiger charge is -2.30. The van der Waals surface area contributed by atoms with E-state index in [1.807, 2.05) is 18.0 Å². The third-order valence-electron chi connectivity index (χ3n) is 3.19. The number of hydrogen-bond donors (Lipinski definition) is 2. The molecule has 1 amide bonds. The Morgan fingerprint density at radius 3 is 2.88 bits per heavy atom. The molecule has 0 aromatic heterocycles. The number of nitrogens with one attached hydrogen (secondary N) is 1. The lowest BCUT2D eigenvalue weighted by Crippen LogP contribution is -2.40. The second-order valence-electron chi connectivity index (χ2n) is 4.74. The number of amides is 1. The summed E-state index contributed by atoms with van der Waals surface area (Å²) in [5, 5.41) is 20.7. The van der Waals surface area contributed by atoms with Gasteiger partial charge < -0.3 is 10.4 Å². The summed E-state index contributed by atoms with van der Waals surface area (Å²) in [5.41, 5.74) is 0. The fourth-order valence-electron chi connectivity index (χ4n) is 2.31. The monoisotopic (exact) mass is 239 g/mol. The van der Waals surface area contributed by atoms with Crippen LogP contribution in [-0.4, -0.2) is 48.7 Å². The summed E-state index contributed by atoms with van der Waals surface area (Å²) in [4.78, 5) is 13.3. The summed E-state index contributed by atoms with van der Waals surface area (Å²) in [6, 6.07) is 1.87. The second kappa shape index (κ2) is 7.25. The van der Waals surface area contributed by atoms with E-state index in [0.29, 0.717) is 0 Å². The molecule has 1 aliphatic carbocycles. The van der Waals surface area contributed by atoms with Gasteiger partial charge in [-0.2, -0.15) is 5.26 Å². The van der Waals surface area contributed by atoms with Gasteiger partial charge in [0.25, 0.3) is 0 Å². The molecular weight excluding hydrogens is 218 g/mol. The van der Waals surface area contributed by atoms with Crippen LogP contribution in [0.25, 0.3) is 0 Å². The highest BCUT2D eigenvalue weighted by Crippen LogP contribution is 2.24. The molecule has 1 saturated carbocycles. The van der Waals surface area contributed by atoms with E-state index in [2.05, 4.69) is 5.32 Å². The molecule has 1 rings (SSSR count). The van der Waals surface area contributed by atoms with E-state index in [-0.39, 0.29) is 31.0 Å². The van der Waals surface area contributed by atoms with E-state index in [4.69, 9.17) is 5.26 Å². The fourth-order valence-corrected chi connectivity index (χ4v) is 2.31. The minimum Gasteiger partial charge on any atom is -0.393 e. The topological polar surface area (TPSA) is 76.4 Å². The van der Waals surface area contributed by atoms with Crippen LogP contribution < -0.4 is 5.32 Å². The van der Waals surface area contributed by atoms with Crippen LogP contribution in [0.15, 0.2) is 0 Å². The first-order chi connectivity index (χ1) is 8.13. The van der Waals surface area contributed by atoms with Crippen molar-refractivity contribution in [2.75, 3.05) is 26.7 Å². The molecule has 2 N–H and O–H groups in total. The zero-order chi connectivity index (χ0) is 12.7. The van der Waals surface area contributed by atoms with Gasteiger partial charge >= 0.3 is 0 Å². The molecule has 0 aromatic carbocycles. The number of nitriles is 1. The Bertz CT molecular complexity index is 288. The van der Waals surface area contributed by atoms with Crippen molar-refractivity contribution >= 4 is 5.91 Å². The molecule has 1 aliphatic rings. The maximum absolute atomic E-state index is 11.4. The van der Waals surface area contributed by atoms with Gasteiger partial charge in [0, 0.05) is 6.54 Å². The molecule has 17 heavy (non-hydrogen) atoms. The van der Waals surface area contributed by atoms with Gasteiger partial charge in [-0.3, -0.25) is 9.69 Å². The summed E-state index contributed by atoms with van der Waals surface area (Å²) < 4.78 is 0. The van der Waals surface area contributed by atoms with Crippen LogP contribution in [0, 0.1) is 17.2 Å². The molecule has 96 valence electrons. The van der Waals surface area contributed by atoms with E-state index in [1.165, 1.54) is 0 Å². The van der Waals surface area contributed by atoms with Crippen molar-refractivity contribution in [3.8, 4) is 6.07 Å². The van der Waals surface area contributed by atoms with Crippen molar-refractivity contribution in [1.29, 1.82) is 5.26 Å². The van der Waals surface area contributed by atoms with Crippen LogP contribution in [0.5, 0.6) is 0 Å². The summed E-state index contributed by atoms with van der Waals surface area (Å²) in [6.07, 6.45) is 3.94. The highest BCUT2D eigenvalue weighted by molar-refractivity contribution is 5.78. The highest BCUT2D eigenvalue weighted by atomic mass is 16.3. The van der Waals surface area contributed by atoms with Gasteiger partial charge in [0.15, 0.2) is 0 Å². The fraction of sp³-hybridized carbons (Fsp3) is 0.833. The van der Waals surface area contributed by atoms with Gasteiger partial charge in [0.2, 0.25) is 5.91 Å². The summed E-state index contributed by atoms with van der Waals surface area (Å²) in [6.45, 7) is 1.07. The Balaban J connectivity index is 2.26. The van der Waals surface area contributed by atoms with Gasteiger partial charge in [-0.15, -0.1) is 0 Å². The number of aliphatic hydroxyl groups excluding tert-OH is 1. The third-order valence-corrected chi connectivity index (χ3v) is 3.19. The smallest absolute Gasteiger partial charge is 0.234 e. The first-order valence-corrected chi connectivity index (χ1v) is 6.13. The van der Waals surface area contributed by atoms with Gasteiger partial charge in [-0.25, -0.2) is 0 Å². The molecule has 5 heteroatoms. The van der Waals surface area contributed by atoms with Crippen LogP contribution in [0.1, 0.15) is 25.7 Å². The first kappa shape index (κ1) is 13.9. The van der Waals surface area contributed by atoms with E-state index in [1.54, 1.807) is 0 Å². The molecule has 2 atom stereocenters. The predicted molar refractivity (Wildman–Crippen MR) is 64.1 cm³/mol. The van der Waals surface area contributed by atoms with Crippen LogP contribution in [-0.2, 0) is 4.79 Å². The number of aliphatic hydroxyl groups is 1. The minimum atomic E-state index is -0.228. The highest BCUT2D eigenvalue weighted by Gasteiger charge is 2.24. The van der Waals surface area contributed by atoms with Crippen molar-refractivity contribution < 1.29 is 9.90 Å². The minimum absolute atomic E-state index is 0.0543. The average molecular weight is 239 g/mol. The molecular formula is C12H21N3O2. The Hall–Kier alpha value is -1.12. The van der Waals surface area contributed by atoms with Crippen molar-refractivity contribution in [3.63, 3.8) is 0 Å². The SMILES string of the molecule is CN(CC(=O)NCC#N)CC1CCCCC1O. The molecule has 5 nitrogen and oxygen atoms in total. The number of nitrogens with zero attached hydrogens (tertiary/aromatic N) is 2. The van der Waals surface area contributed by atoms with Crippen molar-refractivity contribution in [3.05, 3.63) is 0 Å². The molecule has 0 spiro atoms. The Morgan fingerprint density at radius 1 is 1.53 bits per heavy atom. The summed E-state index contributed by atoms with van der Waals surface area (Å²) >= 11 is 0. The number of likely N-dealkylation sites (N-methyl/N-ethyl adjacent to an activating group) is 1. The Labute approximate surface area is 102 Å². The van der Waals surface area contributed by atoms with E-state index in [0.717, 1.165) is 32.2 Å². The second-order valence-corrected chi connectivity index (χ2v) is 4.74. The molecule has 0 aliphatic heterocycles. The first-order valence-electron chi connectivity index (χ1n) is 6.13. The van der Waals surface area contributed by atoms with Crippen LogP contribution in [0.4, 0.5) is 0 Å². The largest absolute Gasteiger partial charge is 0.393 e. The molecule has 0 aromatic rings. The average Bonchev–Trinajstić information content (AvgIpc) is 2.29. The predicted octanol–water partition coefficient (Wildman–Crippen LogP) is 0.109. The van der Waals surface area contributed by atoms with Crippen LogP contribution in [0.2, 0.25) is 0 Å². The van der Waals surface area contributed by atoms with Gasteiger partial charge in [0.1, 0.15) is 6.54 Å². The van der Waals surface area contributed by atoms with Crippen molar-refractivity contribution in [2.24, 2.45) is 5.92 Å².